The highest BCUT2D eigenvalue weighted by Crippen LogP contribution is 2.47. The lowest BCUT2D eigenvalue weighted by Gasteiger charge is -2.44. The van der Waals surface area contributed by atoms with Gasteiger partial charge in [0, 0.05) is 23.7 Å². The van der Waals surface area contributed by atoms with Crippen molar-refractivity contribution in [3.63, 3.8) is 0 Å². The molecule has 4 atom stereocenters. The number of Topliss-reactive ketones (excluding diaryl/α,β-unsaturated/α-hetero) is 1. The van der Waals surface area contributed by atoms with Crippen molar-refractivity contribution in [3.8, 4) is 5.75 Å². The third-order valence-electron chi connectivity index (χ3n) is 8.64. The number of hydrogen-bond acceptors (Lipinski definition) is 5. The summed E-state index contributed by atoms with van der Waals surface area (Å²) >= 11 is 0. The van der Waals surface area contributed by atoms with Crippen LogP contribution in [-0.2, 0) is 33.8 Å². The smallest absolute Gasteiger partial charge is 0.235 e. The van der Waals surface area contributed by atoms with Gasteiger partial charge in [-0.25, -0.2) is 0 Å². The van der Waals surface area contributed by atoms with Crippen LogP contribution in [0.1, 0.15) is 55.4 Å². The molecular weight excluding hydrogens is 564 g/mol. The maximum atomic E-state index is 14.2. The fourth-order valence-electron chi connectivity index (χ4n) is 6.37. The zero-order valence-corrected chi connectivity index (χ0v) is 26.0. The van der Waals surface area contributed by atoms with Gasteiger partial charge in [0.2, 0.25) is 11.8 Å². The lowest BCUT2D eigenvalue weighted by atomic mass is 9.61. The van der Waals surface area contributed by atoms with E-state index in [1.807, 2.05) is 86.6 Å². The number of benzene rings is 4. The quantitative estimate of drug-likeness (QED) is 0.175. The van der Waals surface area contributed by atoms with Crippen LogP contribution in [0.5, 0.6) is 5.75 Å². The molecule has 0 bridgehead atoms. The lowest BCUT2D eigenvalue weighted by Crippen LogP contribution is -2.56. The van der Waals surface area contributed by atoms with Crippen LogP contribution in [0.3, 0.4) is 0 Å². The number of carbonyl (C=O) groups is 3. The van der Waals surface area contributed by atoms with Crippen molar-refractivity contribution >= 4 is 29.0 Å². The minimum Gasteiger partial charge on any atom is -0.489 e. The van der Waals surface area contributed by atoms with Crippen molar-refractivity contribution in [2.75, 3.05) is 10.6 Å². The summed E-state index contributed by atoms with van der Waals surface area (Å²) in [5.41, 5.74) is 2.95. The monoisotopic (exact) mass is 604 g/mol. The maximum absolute atomic E-state index is 14.2. The van der Waals surface area contributed by atoms with Crippen LogP contribution in [0.15, 0.2) is 103 Å². The largest absolute Gasteiger partial charge is 0.489 e. The van der Waals surface area contributed by atoms with Gasteiger partial charge in [-0.15, -0.1) is 0 Å². The first-order valence-electron chi connectivity index (χ1n) is 15.5. The summed E-state index contributed by atoms with van der Waals surface area (Å²) < 4.78 is 6.10. The predicted octanol–water partition coefficient (Wildman–Crippen LogP) is 6.71. The number of carbonyl (C=O) groups excluding carboxylic acids is 3. The van der Waals surface area contributed by atoms with Gasteiger partial charge in [-0.05, 0) is 66.3 Å². The zero-order valence-electron chi connectivity index (χ0n) is 26.0. The third-order valence-corrected chi connectivity index (χ3v) is 8.64. The molecule has 7 nitrogen and oxygen atoms in total. The van der Waals surface area contributed by atoms with E-state index in [2.05, 4.69) is 10.6 Å². The number of para-hydroxylation sites is 2. The molecule has 1 aliphatic carbocycles. The number of amides is 2. The molecule has 1 saturated carbocycles. The van der Waals surface area contributed by atoms with E-state index >= 15 is 0 Å². The van der Waals surface area contributed by atoms with E-state index in [0.29, 0.717) is 42.1 Å². The molecule has 45 heavy (non-hydrogen) atoms. The molecule has 0 heterocycles. The first-order valence-corrected chi connectivity index (χ1v) is 15.5. The van der Waals surface area contributed by atoms with Crippen LogP contribution in [0.2, 0.25) is 0 Å². The summed E-state index contributed by atoms with van der Waals surface area (Å²) in [5.74, 6) is -4.18. The molecule has 3 N–H and O–H groups in total. The van der Waals surface area contributed by atoms with E-state index in [4.69, 9.17) is 4.74 Å². The topological polar surface area (TPSA) is 105 Å². The molecule has 4 unspecified atom stereocenters. The molecule has 4 aromatic carbocycles. The Hall–Kier alpha value is -4.75. The van der Waals surface area contributed by atoms with E-state index in [-0.39, 0.29) is 6.42 Å². The second-order valence-electron chi connectivity index (χ2n) is 11.8. The molecule has 0 saturated heterocycles. The summed E-state index contributed by atoms with van der Waals surface area (Å²) in [6, 6.07) is 31.8. The van der Waals surface area contributed by atoms with Gasteiger partial charge in [0.1, 0.15) is 24.1 Å². The van der Waals surface area contributed by atoms with Crippen LogP contribution in [0.4, 0.5) is 11.4 Å². The van der Waals surface area contributed by atoms with E-state index < -0.39 is 41.0 Å². The number of ketones is 1. The fourth-order valence-corrected chi connectivity index (χ4v) is 6.37. The molecule has 5 rings (SSSR count). The third kappa shape index (κ3) is 7.15. The Labute approximate surface area is 264 Å². The van der Waals surface area contributed by atoms with Gasteiger partial charge in [-0.1, -0.05) is 92.7 Å². The molecule has 0 radical (unpaired) electrons. The molecule has 0 aromatic heterocycles. The number of nitrogens with one attached hydrogen (secondary N) is 2. The average Bonchev–Trinajstić information content (AvgIpc) is 3.04. The standard InChI is InChI=1S/C38H40N2O5/c1-4-26-16-9-11-20-30(26)39-36(42)34-32(41)23-38(3,44)35(37(43)40-31-21-12-10-17-27(31)5-2)33(34)28-18-13-19-29(22-28)45-24-25-14-7-6-8-15-25/h6-22,33-35,44H,4-5,23-24H2,1-3H3,(H,39,42)(H,40,43). The van der Waals surface area contributed by atoms with Gasteiger partial charge in [0.25, 0.3) is 0 Å². The van der Waals surface area contributed by atoms with Crippen LogP contribution in [-0.4, -0.2) is 28.3 Å². The molecule has 0 aliphatic heterocycles. The van der Waals surface area contributed by atoms with E-state index in [9.17, 15) is 19.5 Å². The van der Waals surface area contributed by atoms with Crippen LogP contribution in [0, 0.1) is 11.8 Å². The zero-order chi connectivity index (χ0) is 32.0. The van der Waals surface area contributed by atoms with Crippen molar-refractivity contribution in [3.05, 3.63) is 125 Å². The summed E-state index contributed by atoms with van der Waals surface area (Å²) in [6.07, 6.45) is 1.05. The highest BCUT2D eigenvalue weighted by Gasteiger charge is 2.56. The summed E-state index contributed by atoms with van der Waals surface area (Å²) in [7, 11) is 0. The summed E-state index contributed by atoms with van der Waals surface area (Å²) in [5, 5.41) is 17.7. The van der Waals surface area contributed by atoms with Crippen molar-refractivity contribution < 1.29 is 24.2 Å². The number of rotatable bonds is 10. The first-order chi connectivity index (χ1) is 21.7. The Morgan fingerprint density at radius 3 is 2.00 bits per heavy atom. The van der Waals surface area contributed by atoms with Crippen molar-refractivity contribution in [2.24, 2.45) is 11.8 Å². The second kappa shape index (κ2) is 13.9. The van der Waals surface area contributed by atoms with Crippen LogP contribution >= 0.6 is 0 Å². The highest BCUT2D eigenvalue weighted by molar-refractivity contribution is 6.10. The number of anilines is 2. The lowest BCUT2D eigenvalue weighted by molar-refractivity contribution is -0.150. The summed E-state index contributed by atoms with van der Waals surface area (Å²) in [4.78, 5) is 42.1. The number of aryl methyl sites for hydroxylation is 2. The molecule has 4 aromatic rings. The molecule has 1 aliphatic rings. The highest BCUT2D eigenvalue weighted by atomic mass is 16.5. The number of ether oxygens (including phenoxy) is 1. The first kappa shape index (κ1) is 31.7. The van der Waals surface area contributed by atoms with Gasteiger partial charge in [-0.2, -0.15) is 0 Å². The van der Waals surface area contributed by atoms with E-state index in [1.54, 1.807) is 30.3 Å². The number of hydrogen-bond donors (Lipinski definition) is 3. The van der Waals surface area contributed by atoms with Crippen LogP contribution < -0.4 is 15.4 Å². The molecule has 7 heteroatoms. The normalized spacial score (nSPS) is 21.2. The van der Waals surface area contributed by atoms with Crippen molar-refractivity contribution in [1.82, 2.24) is 0 Å². The molecular formula is C38H40N2O5. The molecule has 2 amide bonds. The number of aliphatic hydroxyl groups is 1. The van der Waals surface area contributed by atoms with Crippen molar-refractivity contribution in [2.45, 2.75) is 58.2 Å². The molecule has 1 fully saturated rings. The van der Waals surface area contributed by atoms with Gasteiger partial charge < -0.3 is 20.5 Å². The molecule has 232 valence electrons. The van der Waals surface area contributed by atoms with E-state index in [1.165, 1.54) is 6.92 Å². The Kier molecular flexibility index (Phi) is 9.79. The Morgan fingerprint density at radius 2 is 1.38 bits per heavy atom. The Bertz CT molecular complexity index is 1670. The predicted molar refractivity (Wildman–Crippen MR) is 176 cm³/mol. The van der Waals surface area contributed by atoms with Gasteiger partial charge >= 0.3 is 0 Å². The van der Waals surface area contributed by atoms with Gasteiger partial charge in [0.15, 0.2) is 0 Å². The Balaban J connectivity index is 1.56. The van der Waals surface area contributed by atoms with E-state index in [0.717, 1.165) is 16.7 Å². The Morgan fingerprint density at radius 1 is 0.800 bits per heavy atom. The van der Waals surface area contributed by atoms with Crippen LogP contribution in [0.25, 0.3) is 0 Å². The average molecular weight is 605 g/mol. The fraction of sp³-hybridized carbons (Fsp3) is 0.289. The van der Waals surface area contributed by atoms with Crippen molar-refractivity contribution in [1.29, 1.82) is 0 Å². The maximum Gasteiger partial charge on any atom is 0.235 e. The minimum absolute atomic E-state index is 0.320. The van der Waals surface area contributed by atoms with Gasteiger partial charge in [0.05, 0.1) is 11.5 Å². The second-order valence-corrected chi connectivity index (χ2v) is 11.8. The molecule has 0 spiro atoms. The van der Waals surface area contributed by atoms with Gasteiger partial charge in [-0.3, -0.25) is 14.4 Å². The minimum atomic E-state index is -1.72. The summed E-state index contributed by atoms with van der Waals surface area (Å²) in [6.45, 7) is 5.82. The SMILES string of the molecule is CCc1ccccc1NC(=O)C1C(=O)CC(C)(O)C(C(=O)Nc2ccccc2CC)C1c1cccc(OCc2ccccc2)c1.